The highest BCUT2D eigenvalue weighted by Crippen LogP contribution is 2.26. The average molecular weight is 274 g/mol. The fraction of sp³-hybridized carbons (Fsp3) is 0.917. The van der Waals surface area contributed by atoms with E-state index in [9.17, 15) is 10.0 Å². The van der Waals surface area contributed by atoms with Gasteiger partial charge in [-0.25, -0.2) is 0 Å². The van der Waals surface area contributed by atoms with E-state index in [2.05, 4.69) is 5.28 Å². The minimum atomic E-state index is -1.31. The van der Waals surface area contributed by atoms with Gasteiger partial charge in [0.25, 0.3) is 0 Å². The number of rotatable bonds is 4. The van der Waals surface area contributed by atoms with E-state index in [4.69, 9.17) is 11.3 Å². The Kier molecular flexibility index (Phi) is 4.44. The lowest BCUT2D eigenvalue weighted by atomic mass is 9.88. The molecule has 0 atom stereocenters. The standard InChI is InChI=1S/C12H23N3O4/c1-12(2,3)14(4)15(18)13-19-10-7-5-9(6-8-10)11(16)17/h9-10H,5-8H2,1-4H3,(H,16,17)/b15-13-/t9-,10+/i10D. The third-order valence-corrected chi connectivity index (χ3v) is 3.36. The van der Waals surface area contributed by atoms with Crippen LogP contribution in [-0.4, -0.2) is 39.7 Å². The van der Waals surface area contributed by atoms with Crippen LogP contribution in [0.15, 0.2) is 5.28 Å². The summed E-state index contributed by atoms with van der Waals surface area (Å²) in [5, 5.41) is 25.4. The molecule has 0 aromatic heterocycles. The van der Waals surface area contributed by atoms with Gasteiger partial charge in [0.1, 0.15) is 6.08 Å². The molecule has 0 saturated heterocycles. The molecule has 110 valence electrons. The Labute approximate surface area is 114 Å². The van der Waals surface area contributed by atoms with Crippen LogP contribution in [0.2, 0.25) is 0 Å². The molecule has 0 bridgehead atoms. The average Bonchev–Trinajstić information content (AvgIpc) is 2.34. The van der Waals surface area contributed by atoms with Crippen molar-refractivity contribution >= 4 is 5.97 Å². The highest BCUT2D eigenvalue weighted by atomic mass is 16.7. The van der Waals surface area contributed by atoms with E-state index in [-0.39, 0.29) is 12.8 Å². The van der Waals surface area contributed by atoms with E-state index in [0.717, 1.165) is 0 Å². The van der Waals surface area contributed by atoms with Crippen LogP contribution in [-0.2, 0) is 9.63 Å². The lowest BCUT2D eigenvalue weighted by Crippen LogP contribution is -2.42. The summed E-state index contributed by atoms with van der Waals surface area (Å²) in [6.07, 6.45) is -0.0843. The van der Waals surface area contributed by atoms with Gasteiger partial charge in [0.05, 0.1) is 24.8 Å². The van der Waals surface area contributed by atoms with Gasteiger partial charge in [-0.15, -0.1) is 5.01 Å². The van der Waals surface area contributed by atoms with Gasteiger partial charge in [-0.05, 0) is 46.5 Å². The molecule has 0 heterocycles. The number of hydrazine groups is 1. The number of carboxylic acids is 1. The minimum absolute atomic E-state index is 0.251. The van der Waals surface area contributed by atoms with Crippen molar-refractivity contribution in [3.63, 3.8) is 0 Å². The quantitative estimate of drug-likeness (QED) is 0.482. The van der Waals surface area contributed by atoms with Crippen molar-refractivity contribution in [1.82, 2.24) is 5.01 Å². The molecule has 19 heavy (non-hydrogen) atoms. The summed E-state index contributed by atoms with van der Waals surface area (Å²) in [4.78, 5) is 16.2. The van der Waals surface area contributed by atoms with Crippen molar-refractivity contribution in [3.05, 3.63) is 5.21 Å². The molecule has 0 aliphatic heterocycles. The molecule has 0 spiro atoms. The van der Waals surface area contributed by atoms with Crippen molar-refractivity contribution < 1.29 is 21.1 Å². The van der Waals surface area contributed by atoms with Crippen molar-refractivity contribution in [2.75, 3.05) is 7.05 Å². The van der Waals surface area contributed by atoms with E-state index >= 15 is 0 Å². The van der Waals surface area contributed by atoms with E-state index in [1.807, 2.05) is 20.8 Å². The first-order valence-electron chi connectivity index (χ1n) is 6.88. The zero-order chi connectivity index (χ0) is 15.6. The van der Waals surface area contributed by atoms with E-state index < -0.39 is 23.5 Å². The summed E-state index contributed by atoms with van der Waals surface area (Å²) in [7, 11) is 1.58. The highest BCUT2D eigenvalue weighted by Gasteiger charge is 2.28. The highest BCUT2D eigenvalue weighted by molar-refractivity contribution is 5.69. The maximum atomic E-state index is 11.7. The Bertz CT molecular complexity index is 387. The monoisotopic (exact) mass is 274 g/mol. The molecular formula is C12H23N3O4. The van der Waals surface area contributed by atoms with Crippen LogP contribution in [0.1, 0.15) is 47.8 Å². The molecular weight excluding hydrogens is 250 g/mol. The topological polar surface area (TPSA) is 88.2 Å². The summed E-state index contributed by atoms with van der Waals surface area (Å²) in [6.45, 7) is 5.55. The van der Waals surface area contributed by atoms with Gasteiger partial charge in [0, 0.05) is 0 Å². The molecule has 7 nitrogen and oxygen atoms in total. The van der Waals surface area contributed by atoms with Gasteiger partial charge >= 0.3 is 5.97 Å². The van der Waals surface area contributed by atoms with Crippen LogP contribution in [0.4, 0.5) is 0 Å². The van der Waals surface area contributed by atoms with Gasteiger partial charge in [-0.2, -0.15) is 0 Å². The van der Waals surface area contributed by atoms with Crippen molar-refractivity contribution in [1.29, 1.82) is 0 Å². The second-order valence-corrected chi connectivity index (χ2v) is 5.77. The molecule has 0 aromatic carbocycles. The summed E-state index contributed by atoms with van der Waals surface area (Å²) >= 11 is 0. The van der Waals surface area contributed by atoms with Crippen molar-refractivity contribution in [2.24, 2.45) is 11.2 Å². The molecule has 1 saturated carbocycles. The summed E-state index contributed by atoms with van der Waals surface area (Å²) in [5.41, 5.74) is -0.412. The lowest BCUT2D eigenvalue weighted by Gasteiger charge is -2.27. The van der Waals surface area contributed by atoms with Crippen LogP contribution in [0.5, 0.6) is 0 Å². The zero-order valence-corrected chi connectivity index (χ0v) is 11.9. The molecule has 1 fully saturated rings. The van der Waals surface area contributed by atoms with Gasteiger partial charge in [0.15, 0.2) is 0 Å². The van der Waals surface area contributed by atoms with Crippen molar-refractivity contribution in [3.8, 4) is 0 Å². The number of hydrogen-bond acceptors (Lipinski definition) is 4. The molecule has 1 aliphatic rings. The molecule has 0 unspecified atom stereocenters. The van der Waals surface area contributed by atoms with Crippen LogP contribution >= 0.6 is 0 Å². The van der Waals surface area contributed by atoms with Crippen LogP contribution in [0, 0.1) is 11.1 Å². The van der Waals surface area contributed by atoms with E-state index in [0.29, 0.717) is 17.8 Å². The fourth-order valence-electron chi connectivity index (χ4n) is 1.68. The summed E-state index contributed by atoms with van der Waals surface area (Å²) < 4.78 is 8.05. The zero-order valence-electron chi connectivity index (χ0n) is 12.9. The van der Waals surface area contributed by atoms with Crippen LogP contribution < -0.4 is 0 Å². The molecule has 1 N–H and O–H groups in total. The molecule has 0 aromatic rings. The summed E-state index contributed by atoms with van der Waals surface area (Å²) in [5.74, 6) is -1.28. The third-order valence-electron chi connectivity index (χ3n) is 3.36. The first kappa shape index (κ1) is 13.9. The number of carbonyl (C=O) groups is 1. The van der Waals surface area contributed by atoms with E-state index in [1.165, 1.54) is 5.01 Å². The molecule has 1 rings (SSSR count). The maximum Gasteiger partial charge on any atom is 0.306 e. The van der Waals surface area contributed by atoms with Gasteiger partial charge in [0.2, 0.25) is 5.28 Å². The Morgan fingerprint density at radius 2 is 2.00 bits per heavy atom. The molecule has 0 radical (unpaired) electrons. The first-order valence-corrected chi connectivity index (χ1v) is 6.38. The Morgan fingerprint density at radius 1 is 1.47 bits per heavy atom. The summed E-state index contributed by atoms with van der Waals surface area (Å²) in [6, 6.07) is 0. The number of nitrogens with zero attached hydrogens (tertiary/aromatic N) is 3. The largest absolute Gasteiger partial charge is 0.569 e. The smallest absolute Gasteiger partial charge is 0.306 e. The Hall–Kier alpha value is -1.53. The molecule has 0 amide bonds. The van der Waals surface area contributed by atoms with Gasteiger partial charge in [-0.1, -0.05) is 0 Å². The van der Waals surface area contributed by atoms with Crippen LogP contribution in [0.3, 0.4) is 0 Å². The number of aliphatic carboxylic acids is 1. The maximum absolute atomic E-state index is 11.7. The number of hydrogen-bond donors (Lipinski definition) is 1. The second kappa shape index (κ2) is 6.08. The fourth-order valence-corrected chi connectivity index (χ4v) is 1.68. The molecule has 1 aliphatic carbocycles. The van der Waals surface area contributed by atoms with Gasteiger partial charge in [-0.3, -0.25) is 4.79 Å². The van der Waals surface area contributed by atoms with E-state index in [1.54, 1.807) is 7.05 Å². The Morgan fingerprint density at radius 3 is 2.42 bits per heavy atom. The second-order valence-electron chi connectivity index (χ2n) is 5.77. The Balaban J connectivity index is 2.59. The lowest BCUT2D eigenvalue weighted by molar-refractivity contribution is -0.720. The third kappa shape index (κ3) is 4.57. The predicted octanol–water partition coefficient (Wildman–Crippen LogP) is 2.17. The molecule has 7 heteroatoms. The minimum Gasteiger partial charge on any atom is -0.569 e. The first-order chi connectivity index (χ1) is 9.05. The van der Waals surface area contributed by atoms with Crippen molar-refractivity contribution in [2.45, 2.75) is 58.1 Å². The predicted molar refractivity (Wildman–Crippen MR) is 68.0 cm³/mol. The number of carboxylic acid groups (broad SMARTS) is 1. The van der Waals surface area contributed by atoms with Gasteiger partial charge < -0.3 is 15.2 Å². The SMILES string of the molecule is [2H][C@]1(O/N=[N+](\[O-])N(C)C(C)(C)C)CC[C@@H](C(=O)O)CC1. The van der Waals surface area contributed by atoms with Crippen LogP contribution in [0.25, 0.3) is 0 Å². The normalized spacial score (nSPS) is 29.6.